The van der Waals surface area contributed by atoms with Crippen molar-refractivity contribution in [2.24, 2.45) is 5.92 Å². The van der Waals surface area contributed by atoms with Gasteiger partial charge in [0.2, 0.25) is 6.04 Å². The number of hydrogen-bond donors (Lipinski definition) is 1. The number of nitro groups is 1. The molecule has 1 aromatic carbocycles. The van der Waals surface area contributed by atoms with E-state index in [1.54, 1.807) is 34.6 Å². The average molecular weight is 364 g/mol. The van der Waals surface area contributed by atoms with Gasteiger partial charge in [0.05, 0.1) is 11.5 Å². The van der Waals surface area contributed by atoms with Gasteiger partial charge in [-0.3, -0.25) is 20.2 Å². The number of benzene rings is 1. The van der Waals surface area contributed by atoms with Crippen molar-refractivity contribution in [1.82, 2.24) is 5.32 Å². The topological polar surface area (TPSA) is 90.7 Å². The summed E-state index contributed by atoms with van der Waals surface area (Å²) in [6, 6.07) is 6.67. The smallest absolute Gasteiger partial charge is 0.324 e. The van der Waals surface area contributed by atoms with Crippen molar-refractivity contribution < 1.29 is 19.2 Å². The van der Waals surface area contributed by atoms with Crippen LogP contribution in [-0.2, 0) is 14.3 Å². The Morgan fingerprint density at radius 3 is 2.19 bits per heavy atom. The molecule has 1 aromatic rings. The van der Waals surface area contributed by atoms with Gasteiger partial charge in [0.15, 0.2) is 0 Å². The molecule has 1 fully saturated rings. The molecule has 0 aliphatic carbocycles. The molecular weight excluding hydrogens is 336 g/mol. The van der Waals surface area contributed by atoms with Crippen LogP contribution in [0.5, 0.6) is 0 Å². The lowest BCUT2D eigenvalue weighted by Gasteiger charge is -2.34. The summed E-state index contributed by atoms with van der Waals surface area (Å²) in [7, 11) is 1.50. The second kappa shape index (κ2) is 7.32. The standard InChI is InChI=1S/C19H28N2O5/c1-18(2,3)26-17(22)15-13(19(4,5)25-6)16(21(23)24)14(20-15)12-10-8-7-9-11-12/h7-11,13-16,20H,1-6H3. The second-order valence-corrected chi connectivity index (χ2v) is 8.18. The molecule has 0 bridgehead atoms. The van der Waals surface area contributed by atoms with Crippen molar-refractivity contribution in [2.75, 3.05) is 7.11 Å². The lowest BCUT2D eigenvalue weighted by atomic mass is 9.79. The number of methoxy groups -OCH3 is 1. The van der Waals surface area contributed by atoms with E-state index in [2.05, 4.69) is 5.32 Å². The van der Waals surface area contributed by atoms with Crippen LogP contribution in [0.3, 0.4) is 0 Å². The van der Waals surface area contributed by atoms with E-state index in [4.69, 9.17) is 9.47 Å². The molecule has 4 unspecified atom stereocenters. The molecule has 1 saturated heterocycles. The van der Waals surface area contributed by atoms with E-state index in [0.717, 1.165) is 5.56 Å². The van der Waals surface area contributed by atoms with Crippen LogP contribution in [0, 0.1) is 16.0 Å². The highest BCUT2D eigenvalue weighted by molar-refractivity contribution is 5.77. The highest BCUT2D eigenvalue weighted by Gasteiger charge is 2.60. The van der Waals surface area contributed by atoms with E-state index >= 15 is 0 Å². The van der Waals surface area contributed by atoms with Crippen molar-refractivity contribution in [3.8, 4) is 0 Å². The number of rotatable bonds is 5. The summed E-state index contributed by atoms with van der Waals surface area (Å²) in [5.41, 5.74) is -0.817. The van der Waals surface area contributed by atoms with E-state index in [-0.39, 0.29) is 4.92 Å². The minimum absolute atomic E-state index is 0.319. The highest BCUT2D eigenvalue weighted by atomic mass is 16.6. The monoisotopic (exact) mass is 364 g/mol. The molecule has 7 heteroatoms. The first kappa shape index (κ1) is 20.3. The van der Waals surface area contributed by atoms with Crippen LogP contribution < -0.4 is 5.32 Å². The van der Waals surface area contributed by atoms with Crippen LogP contribution in [0.4, 0.5) is 0 Å². The Bertz CT molecular complexity index is 654. The maximum Gasteiger partial charge on any atom is 0.324 e. The SMILES string of the molecule is COC(C)(C)C1C(C(=O)OC(C)(C)C)NC(c2ccccc2)C1[N+](=O)[O-]. The number of nitrogens with one attached hydrogen (secondary N) is 1. The Kier molecular flexibility index (Phi) is 5.73. The molecule has 0 radical (unpaired) electrons. The van der Waals surface area contributed by atoms with E-state index in [1.807, 2.05) is 30.3 Å². The Balaban J connectivity index is 2.48. The fourth-order valence-electron chi connectivity index (χ4n) is 3.54. The summed E-state index contributed by atoms with van der Waals surface area (Å²) >= 11 is 0. The average Bonchev–Trinajstić information content (AvgIpc) is 2.96. The van der Waals surface area contributed by atoms with Crippen LogP contribution >= 0.6 is 0 Å². The fraction of sp³-hybridized carbons (Fsp3) is 0.632. The molecule has 1 heterocycles. The summed E-state index contributed by atoms with van der Waals surface area (Å²) in [5, 5.41) is 15.1. The number of ether oxygens (including phenoxy) is 2. The van der Waals surface area contributed by atoms with Gasteiger partial charge in [0.1, 0.15) is 17.7 Å². The van der Waals surface area contributed by atoms with Crippen molar-refractivity contribution in [1.29, 1.82) is 0 Å². The molecule has 0 spiro atoms. The summed E-state index contributed by atoms with van der Waals surface area (Å²) in [6.07, 6.45) is 0. The van der Waals surface area contributed by atoms with Gasteiger partial charge in [-0.05, 0) is 40.2 Å². The largest absolute Gasteiger partial charge is 0.459 e. The quantitative estimate of drug-likeness (QED) is 0.491. The lowest BCUT2D eigenvalue weighted by molar-refractivity contribution is -0.536. The van der Waals surface area contributed by atoms with Gasteiger partial charge in [-0.15, -0.1) is 0 Å². The molecule has 7 nitrogen and oxygen atoms in total. The predicted octanol–water partition coefficient (Wildman–Crippen LogP) is 2.73. The first-order valence-corrected chi connectivity index (χ1v) is 8.70. The van der Waals surface area contributed by atoms with Crippen molar-refractivity contribution in [3.05, 3.63) is 46.0 Å². The maximum atomic E-state index is 12.8. The summed E-state index contributed by atoms with van der Waals surface area (Å²) in [4.78, 5) is 24.5. The molecule has 0 amide bonds. The third kappa shape index (κ3) is 4.22. The highest BCUT2D eigenvalue weighted by Crippen LogP contribution is 2.41. The number of nitrogens with zero attached hydrogens (tertiary/aromatic N) is 1. The number of hydrogen-bond acceptors (Lipinski definition) is 6. The van der Waals surface area contributed by atoms with Gasteiger partial charge in [0.25, 0.3) is 0 Å². The zero-order valence-electron chi connectivity index (χ0n) is 16.2. The van der Waals surface area contributed by atoms with Crippen molar-refractivity contribution in [3.63, 3.8) is 0 Å². The van der Waals surface area contributed by atoms with Crippen molar-refractivity contribution >= 4 is 5.97 Å². The lowest BCUT2D eigenvalue weighted by Crippen LogP contribution is -2.51. The molecule has 4 atom stereocenters. The molecule has 26 heavy (non-hydrogen) atoms. The van der Waals surface area contributed by atoms with Gasteiger partial charge in [0, 0.05) is 12.0 Å². The molecule has 1 N–H and O–H groups in total. The third-order valence-electron chi connectivity index (χ3n) is 4.82. The molecule has 144 valence electrons. The summed E-state index contributed by atoms with van der Waals surface area (Å²) in [6.45, 7) is 8.85. The molecule has 1 aliphatic rings. The van der Waals surface area contributed by atoms with Crippen LogP contribution in [-0.4, -0.2) is 41.3 Å². The molecular formula is C19H28N2O5. The molecule has 0 aromatic heterocycles. The van der Waals surface area contributed by atoms with Crippen LogP contribution in [0.25, 0.3) is 0 Å². The Morgan fingerprint density at radius 2 is 1.73 bits per heavy atom. The minimum Gasteiger partial charge on any atom is -0.459 e. The summed E-state index contributed by atoms with van der Waals surface area (Å²) in [5.74, 6) is -1.19. The second-order valence-electron chi connectivity index (χ2n) is 8.18. The van der Waals surface area contributed by atoms with Crippen LogP contribution in [0.2, 0.25) is 0 Å². The van der Waals surface area contributed by atoms with E-state index < -0.39 is 41.2 Å². The van der Waals surface area contributed by atoms with Crippen LogP contribution in [0.1, 0.15) is 46.2 Å². The van der Waals surface area contributed by atoms with Gasteiger partial charge in [-0.2, -0.15) is 0 Å². The van der Waals surface area contributed by atoms with Gasteiger partial charge < -0.3 is 9.47 Å². The van der Waals surface area contributed by atoms with Crippen molar-refractivity contribution in [2.45, 2.75) is 63.9 Å². The van der Waals surface area contributed by atoms with E-state index in [0.29, 0.717) is 0 Å². The Hall–Kier alpha value is -1.99. The van der Waals surface area contributed by atoms with Crippen LogP contribution in [0.15, 0.2) is 30.3 Å². The van der Waals surface area contributed by atoms with Gasteiger partial charge in [-0.25, -0.2) is 0 Å². The first-order valence-electron chi connectivity index (χ1n) is 8.70. The number of carbonyl (C=O) groups excluding carboxylic acids is 1. The number of esters is 1. The predicted molar refractivity (Wildman–Crippen MR) is 97.3 cm³/mol. The fourth-order valence-corrected chi connectivity index (χ4v) is 3.54. The Labute approximate surface area is 154 Å². The zero-order valence-corrected chi connectivity index (χ0v) is 16.2. The number of carbonyl (C=O) groups is 1. The summed E-state index contributed by atoms with van der Waals surface area (Å²) < 4.78 is 11.1. The molecule has 2 rings (SSSR count). The third-order valence-corrected chi connectivity index (χ3v) is 4.82. The van der Waals surface area contributed by atoms with E-state index in [9.17, 15) is 14.9 Å². The van der Waals surface area contributed by atoms with Gasteiger partial charge in [-0.1, -0.05) is 30.3 Å². The molecule has 1 aliphatic heterocycles. The molecule has 0 saturated carbocycles. The maximum absolute atomic E-state index is 12.8. The minimum atomic E-state index is -1.02. The van der Waals surface area contributed by atoms with Gasteiger partial charge >= 0.3 is 5.97 Å². The Morgan fingerprint density at radius 1 is 1.15 bits per heavy atom. The zero-order chi connectivity index (χ0) is 19.7. The normalized spacial score (nSPS) is 26.5. The first-order chi connectivity index (χ1) is 12.0. The van der Waals surface area contributed by atoms with E-state index in [1.165, 1.54) is 7.11 Å².